The molecule has 2 saturated heterocycles. The SMILES string of the molecule is CC(C)(C)OC(=O)N1CCC(Oc2cc3c(Nc4ccc(Cl)c(Cl)c4F)ncnc3cc2OC2COC2)CC1. The van der Waals surface area contributed by atoms with Gasteiger partial charge in [0, 0.05) is 37.4 Å². The van der Waals surface area contributed by atoms with Gasteiger partial charge < -0.3 is 29.2 Å². The van der Waals surface area contributed by atoms with Gasteiger partial charge in [-0.25, -0.2) is 19.2 Å². The number of nitrogens with zero attached hydrogens (tertiary/aromatic N) is 3. The number of halogens is 3. The Bertz CT molecular complexity index is 1370. The van der Waals surface area contributed by atoms with Crippen LogP contribution in [-0.4, -0.2) is 65.1 Å². The fourth-order valence-electron chi connectivity index (χ4n) is 4.22. The lowest BCUT2D eigenvalue weighted by molar-refractivity contribution is -0.0808. The molecule has 2 aliphatic heterocycles. The van der Waals surface area contributed by atoms with Crippen molar-refractivity contribution in [2.75, 3.05) is 31.6 Å². The molecule has 0 unspecified atom stereocenters. The molecule has 9 nitrogen and oxygen atoms in total. The van der Waals surface area contributed by atoms with E-state index in [2.05, 4.69) is 15.3 Å². The largest absolute Gasteiger partial charge is 0.486 e. The lowest BCUT2D eigenvalue weighted by Gasteiger charge is -2.34. The summed E-state index contributed by atoms with van der Waals surface area (Å²) in [6.07, 6.45) is 2.03. The predicted octanol–water partition coefficient (Wildman–Crippen LogP) is 6.38. The fourth-order valence-corrected chi connectivity index (χ4v) is 4.53. The molecule has 1 aromatic heterocycles. The standard InChI is InChI=1S/C27H29Cl2FN4O5/c1-27(2,3)39-26(35)34-8-6-15(7-9-34)37-21-10-17-20(11-22(21)38-16-12-36-13-16)31-14-32-25(17)33-19-5-4-18(28)23(29)24(19)30/h4-5,10-11,14-16H,6-9,12-13H2,1-3H3,(H,31,32,33). The van der Waals surface area contributed by atoms with Gasteiger partial charge in [-0.3, -0.25) is 0 Å². The van der Waals surface area contributed by atoms with Crippen LogP contribution in [0.3, 0.4) is 0 Å². The minimum Gasteiger partial charge on any atom is -0.486 e. The molecule has 0 radical (unpaired) electrons. The molecule has 0 atom stereocenters. The topological polar surface area (TPSA) is 95.0 Å². The Morgan fingerprint density at radius 2 is 1.77 bits per heavy atom. The Morgan fingerprint density at radius 1 is 1.08 bits per heavy atom. The van der Waals surface area contributed by atoms with E-state index < -0.39 is 11.4 Å². The summed E-state index contributed by atoms with van der Waals surface area (Å²) in [5.41, 5.74) is 0.143. The number of piperidine rings is 1. The van der Waals surface area contributed by atoms with Gasteiger partial charge in [0.15, 0.2) is 17.3 Å². The molecule has 3 heterocycles. The highest BCUT2D eigenvalue weighted by Gasteiger charge is 2.29. The molecule has 0 saturated carbocycles. The van der Waals surface area contributed by atoms with Crippen molar-refractivity contribution < 1.29 is 28.1 Å². The van der Waals surface area contributed by atoms with E-state index in [4.69, 9.17) is 42.1 Å². The smallest absolute Gasteiger partial charge is 0.410 e. The van der Waals surface area contributed by atoms with Crippen molar-refractivity contribution in [1.82, 2.24) is 14.9 Å². The summed E-state index contributed by atoms with van der Waals surface area (Å²) < 4.78 is 38.1. The number of carbonyl (C=O) groups excluding carboxylic acids is 1. The van der Waals surface area contributed by atoms with E-state index in [0.29, 0.717) is 67.4 Å². The highest BCUT2D eigenvalue weighted by Crippen LogP contribution is 2.38. The highest BCUT2D eigenvalue weighted by atomic mass is 35.5. The van der Waals surface area contributed by atoms with Crippen LogP contribution in [0.4, 0.5) is 20.7 Å². The number of hydrogen-bond donors (Lipinski definition) is 1. The van der Waals surface area contributed by atoms with Crippen molar-refractivity contribution >= 4 is 51.7 Å². The molecule has 3 aromatic rings. The number of anilines is 2. The van der Waals surface area contributed by atoms with Crippen LogP contribution in [0, 0.1) is 5.82 Å². The first kappa shape index (κ1) is 27.5. The van der Waals surface area contributed by atoms with E-state index in [1.165, 1.54) is 18.5 Å². The number of rotatable bonds is 6. The number of hydrogen-bond acceptors (Lipinski definition) is 8. The van der Waals surface area contributed by atoms with E-state index in [1.54, 1.807) is 17.0 Å². The Morgan fingerprint density at radius 3 is 2.44 bits per heavy atom. The first-order valence-corrected chi connectivity index (χ1v) is 13.4. The second-order valence-corrected chi connectivity index (χ2v) is 11.2. The second-order valence-electron chi connectivity index (χ2n) is 10.4. The molecule has 208 valence electrons. The summed E-state index contributed by atoms with van der Waals surface area (Å²) in [6.45, 7) is 7.52. The number of aromatic nitrogens is 2. The molecule has 2 aliphatic rings. The van der Waals surface area contributed by atoms with Crippen LogP contribution in [0.5, 0.6) is 11.5 Å². The van der Waals surface area contributed by atoms with Crippen LogP contribution in [0.2, 0.25) is 10.0 Å². The maximum absolute atomic E-state index is 14.8. The van der Waals surface area contributed by atoms with E-state index in [-0.39, 0.29) is 34.0 Å². The molecular weight excluding hydrogens is 550 g/mol. The average molecular weight is 579 g/mol. The summed E-state index contributed by atoms with van der Waals surface area (Å²) in [4.78, 5) is 22.8. The Labute approximate surface area is 235 Å². The van der Waals surface area contributed by atoms with Gasteiger partial charge in [0.2, 0.25) is 0 Å². The van der Waals surface area contributed by atoms with Gasteiger partial charge in [-0.1, -0.05) is 23.2 Å². The zero-order valence-electron chi connectivity index (χ0n) is 21.8. The van der Waals surface area contributed by atoms with Crippen molar-refractivity contribution in [2.45, 2.75) is 51.4 Å². The zero-order chi connectivity index (χ0) is 27.7. The van der Waals surface area contributed by atoms with Gasteiger partial charge in [0.1, 0.15) is 30.0 Å². The Balaban J connectivity index is 1.39. The minimum atomic E-state index is -0.686. The summed E-state index contributed by atoms with van der Waals surface area (Å²) in [5.74, 6) is 0.697. The van der Waals surface area contributed by atoms with E-state index >= 15 is 0 Å². The molecule has 39 heavy (non-hydrogen) atoms. The number of benzene rings is 2. The summed E-state index contributed by atoms with van der Waals surface area (Å²) >= 11 is 11.9. The van der Waals surface area contributed by atoms with Crippen molar-refractivity contribution in [3.05, 3.63) is 46.5 Å². The van der Waals surface area contributed by atoms with Gasteiger partial charge in [-0.2, -0.15) is 0 Å². The third kappa shape index (κ3) is 6.40. The van der Waals surface area contributed by atoms with Crippen molar-refractivity contribution in [3.8, 4) is 11.5 Å². The Kier molecular flexibility index (Phi) is 7.89. The zero-order valence-corrected chi connectivity index (χ0v) is 23.3. The molecule has 12 heteroatoms. The number of fused-ring (bicyclic) bond motifs is 1. The van der Waals surface area contributed by atoms with Gasteiger partial charge in [-0.15, -0.1) is 0 Å². The molecule has 2 aromatic carbocycles. The summed E-state index contributed by atoms with van der Waals surface area (Å²) in [5, 5.41) is 3.52. The third-order valence-corrected chi connectivity index (χ3v) is 7.06. The van der Waals surface area contributed by atoms with Crippen molar-refractivity contribution in [2.24, 2.45) is 0 Å². The number of amides is 1. The number of carbonyl (C=O) groups is 1. The number of likely N-dealkylation sites (tertiary alicyclic amines) is 1. The van der Waals surface area contributed by atoms with Crippen LogP contribution in [0.25, 0.3) is 10.9 Å². The van der Waals surface area contributed by atoms with Crippen LogP contribution in [-0.2, 0) is 9.47 Å². The first-order chi connectivity index (χ1) is 18.6. The van der Waals surface area contributed by atoms with Crippen LogP contribution < -0.4 is 14.8 Å². The van der Waals surface area contributed by atoms with E-state index in [9.17, 15) is 9.18 Å². The van der Waals surface area contributed by atoms with Gasteiger partial charge in [0.05, 0.1) is 34.5 Å². The lowest BCUT2D eigenvalue weighted by atomic mass is 10.1. The molecule has 1 amide bonds. The van der Waals surface area contributed by atoms with Gasteiger partial charge in [-0.05, 0) is 39.0 Å². The monoisotopic (exact) mass is 578 g/mol. The average Bonchev–Trinajstić information content (AvgIpc) is 2.86. The summed E-state index contributed by atoms with van der Waals surface area (Å²) in [7, 11) is 0. The maximum Gasteiger partial charge on any atom is 0.410 e. The molecule has 2 fully saturated rings. The first-order valence-electron chi connectivity index (χ1n) is 12.7. The minimum absolute atomic E-state index is 0.0939. The van der Waals surface area contributed by atoms with E-state index in [0.717, 1.165) is 0 Å². The predicted molar refractivity (Wildman–Crippen MR) is 146 cm³/mol. The van der Waals surface area contributed by atoms with Crippen LogP contribution in [0.15, 0.2) is 30.6 Å². The van der Waals surface area contributed by atoms with Crippen molar-refractivity contribution in [1.29, 1.82) is 0 Å². The lowest BCUT2D eigenvalue weighted by Crippen LogP contribution is -2.44. The molecule has 5 rings (SSSR count). The van der Waals surface area contributed by atoms with Gasteiger partial charge in [0.25, 0.3) is 0 Å². The molecule has 0 spiro atoms. The van der Waals surface area contributed by atoms with Crippen LogP contribution >= 0.6 is 23.2 Å². The summed E-state index contributed by atoms with van der Waals surface area (Å²) in [6, 6.07) is 6.55. The fraction of sp³-hybridized carbons (Fsp3) is 0.444. The maximum atomic E-state index is 14.8. The van der Waals surface area contributed by atoms with Crippen LogP contribution in [0.1, 0.15) is 33.6 Å². The highest BCUT2D eigenvalue weighted by molar-refractivity contribution is 6.42. The second kappa shape index (κ2) is 11.2. The molecule has 1 N–H and O–H groups in total. The van der Waals surface area contributed by atoms with Gasteiger partial charge >= 0.3 is 6.09 Å². The van der Waals surface area contributed by atoms with E-state index in [1.807, 2.05) is 20.8 Å². The molecular formula is C27H29Cl2FN4O5. The third-order valence-electron chi connectivity index (χ3n) is 6.28. The molecule has 0 bridgehead atoms. The normalized spacial score (nSPS) is 16.6. The quantitative estimate of drug-likeness (QED) is 0.337. The number of nitrogens with one attached hydrogen (secondary N) is 1. The number of ether oxygens (including phenoxy) is 4. The van der Waals surface area contributed by atoms with Crippen molar-refractivity contribution in [3.63, 3.8) is 0 Å². The Hall–Kier alpha value is -3.08. The molecule has 0 aliphatic carbocycles.